The summed E-state index contributed by atoms with van der Waals surface area (Å²) in [6, 6.07) is 4.59. The van der Waals surface area contributed by atoms with Crippen LogP contribution in [0.2, 0.25) is 6.82 Å². The van der Waals surface area contributed by atoms with Crippen molar-refractivity contribution in [2.45, 2.75) is 59.7 Å². The molecule has 1 atom stereocenters. The highest BCUT2D eigenvalue weighted by molar-refractivity contribution is 6.53. The number of allylic oxidation sites excluding steroid dienone is 3. The number of nitrogens with zero attached hydrogens (tertiary/aromatic N) is 1. The molecule has 131 valence electrons. The molecule has 1 rings (SSSR count). The molecule has 0 bridgehead atoms. The second-order valence-corrected chi connectivity index (χ2v) is 6.97. The number of aryl methyl sites for hydroxylation is 2. The van der Waals surface area contributed by atoms with Gasteiger partial charge < -0.3 is 4.90 Å². The molecule has 0 aliphatic carbocycles. The predicted octanol–water partition coefficient (Wildman–Crippen LogP) is 4.88. The van der Waals surface area contributed by atoms with E-state index in [1.54, 1.807) is 0 Å². The van der Waals surface area contributed by atoms with Crippen molar-refractivity contribution in [1.29, 1.82) is 0 Å². The van der Waals surface area contributed by atoms with E-state index in [0.29, 0.717) is 5.92 Å². The summed E-state index contributed by atoms with van der Waals surface area (Å²) >= 11 is 0. The fourth-order valence-electron chi connectivity index (χ4n) is 3.41. The fraction of sp³-hybridized carbons (Fsp3) is 0.545. The van der Waals surface area contributed by atoms with Crippen molar-refractivity contribution in [2.75, 3.05) is 20.6 Å². The van der Waals surface area contributed by atoms with Crippen molar-refractivity contribution in [3.05, 3.63) is 52.6 Å². The lowest BCUT2D eigenvalue weighted by Crippen LogP contribution is -2.25. The van der Waals surface area contributed by atoms with Crippen LogP contribution in [-0.2, 0) is 6.42 Å². The molecule has 1 aromatic carbocycles. The van der Waals surface area contributed by atoms with Crippen LogP contribution in [0.4, 0.5) is 0 Å². The Kier molecular flexibility index (Phi) is 9.14. The average Bonchev–Trinajstić information content (AvgIpc) is 2.53. The minimum atomic E-state index is 0.449. The monoisotopic (exact) mass is 324 g/mol. The van der Waals surface area contributed by atoms with E-state index in [4.69, 9.17) is 0 Å². The van der Waals surface area contributed by atoms with Gasteiger partial charge in [0.25, 0.3) is 0 Å². The lowest BCUT2D eigenvalue weighted by molar-refractivity contribution is 0.455. The Morgan fingerprint density at radius 1 is 1.25 bits per heavy atom. The van der Waals surface area contributed by atoms with E-state index >= 15 is 0 Å². The molecule has 24 heavy (non-hydrogen) atoms. The molecule has 0 saturated heterocycles. The minimum absolute atomic E-state index is 0.449. The van der Waals surface area contributed by atoms with Crippen LogP contribution in [0.15, 0.2) is 35.9 Å². The topological polar surface area (TPSA) is 3.24 Å². The molecule has 0 amide bonds. The van der Waals surface area contributed by atoms with Crippen LogP contribution < -0.4 is 5.46 Å². The van der Waals surface area contributed by atoms with Gasteiger partial charge in [0, 0.05) is 12.5 Å². The van der Waals surface area contributed by atoms with Crippen LogP contribution >= 0.6 is 0 Å². The van der Waals surface area contributed by atoms with Crippen molar-refractivity contribution in [2.24, 2.45) is 0 Å². The van der Waals surface area contributed by atoms with Gasteiger partial charge in [0.2, 0.25) is 0 Å². The molecule has 0 heterocycles. The van der Waals surface area contributed by atoms with Crippen LogP contribution in [0.25, 0.3) is 0 Å². The van der Waals surface area contributed by atoms with E-state index in [1.807, 2.05) is 0 Å². The Hall–Kier alpha value is -1.28. The van der Waals surface area contributed by atoms with Gasteiger partial charge in [-0.2, -0.15) is 0 Å². The van der Waals surface area contributed by atoms with Gasteiger partial charge in [-0.05, 0) is 58.3 Å². The Morgan fingerprint density at radius 3 is 2.50 bits per heavy atom. The number of likely N-dealkylation sites (N-methyl/N-ethyl adjacent to an activating group) is 1. The lowest BCUT2D eigenvalue weighted by atomic mass is 9.64. The summed E-state index contributed by atoms with van der Waals surface area (Å²) in [4.78, 5) is 2.21. The summed E-state index contributed by atoms with van der Waals surface area (Å²) in [6.45, 7) is 12.2. The van der Waals surface area contributed by atoms with Gasteiger partial charge in [-0.3, -0.25) is 0 Å². The number of rotatable bonds is 9. The molecule has 0 N–H and O–H groups in total. The molecule has 0 aromatic heterocycles. The SMILES string of the molecule is C[B]c1c(CC)ccc(C)c1C(C=CCN(C)C)C/C(C)=C\CC. The van der Waals surface area contributed by atoms with E-state index in [-0.39, 0.29) is 0 Å². The second kappa shape index (κ2) is 10.6. The van der Waals surface area contributed by atoms with Gasteiger partial charge in [0.1, 0.15) is 7.28 Å². The summed E-state index contributed by atoms with van der Waals surface area (Å²) in [5.74, 6) is 0.449. The maximum atomic E-state index is 2.42. The highest BCUT2D eigenvalue weighted by atomic mass is 15.0. The van der Waals surface area contributed by atoms with Crippen LogP contribution in [0.1, 0.15) is 56.2 Å². The van der Waals surface area contributed by atoms with Crippen molar-refractivity contribution in [1.82, 2.24) is 4.90 Å². The molecule has 0 spiro atoms. The third-order valence-electron chi connectivity index (χ3n) is 4.57. The first-order chi connectivity index (χ1) is 11.4. The van der Waals surface area contributed by atoms with Gasteiger partial charge in [-0.1, -0.05) is 67.6 Å². The maximum absolute atomic E-state index is 2.42. The second-order valence-electron chi connectivity index (χ2n) is 6.97. The van der Waals surface area contributed by atoms with Crippen LogP contribution in [-0.4, -0.2) is 32.8 Å². The van der Waals surface area contributed by atoms with E-state index in [0.717, 1.165) is 25.8 Å². The third kappa shape index (κ3) is 5.98. The summed E-state index contributed by atoms with van der Waals surface area (Å²) in [7, 11) is 6.54. The molecule has 0 fully saturated rings. The normalized spacial score (nSPS) is 13.8. The van der Waals surface area contributed by atoms with Gasteiger partial charge in [0.15, 0.2) is 0 Å². The average molecular weight is 324 g/mol. The summed E-state index contributed by atoms with van der Waals surface area (Å²) in [6.07, 6.45) is 10.4. The van der Waals surface area contributed by atoms with E-state index in [9.17, 15) is 0 Å². The highest BCUT2D eigenvalue weighted by Crippen LogP contribution is 2.28. The zero-order valence-electron chi connectivity index (χ0n) is 16.8. The highest BCUT2D eigenvalue weighted by Gasteiger charge is 2.17. The predicted molar refractivity (Wildman–Crippen MR) is 111 cm³/mol. The van der Waals surface area contributed by atoms with Gasteiger partial charge in [-0.15, -0.1) is 0 Å². The number of hydrogen-bond donors (Lipinski definition) is 0. The molecular formula is C22H35BN. The van der Waals surface area contributed by atoms with Gasteiger partial charge in [0.05, 0.1) is 0 Å². The smallest absolute Gasteiger partial charge is 0.149 e. The Morgan fingerprint density at radius 2 is 1.96 bits per heavy atom. The molecule has 1 radical (unpaired) electrons. The largest absolute Gasteiger partial charge is 0.306 e. The zero-order valence-corrected chi connectivity index (χ0v) is 16.8. The fourth-order valence-corrected chi connectivity index (χ4v) is 3.41. The van der Waals surface area contributed by atoms with Crippen molar-refractivity contribution >= 4 is 12.7 Å². The van der Waals surface area contributed by atoms with Crippen LogP contribution in [0.3, 0.4) is 0 Å². The molecule has 1 unspecified atom stereocenters. The molecule has 2 heteroatoms. The van der Waals surface area contributed by atoms with Crippen molar-refractivity contribution in [3.63, 3.8) is 0 Å². The van der Waals surface area contributed by atoms with Crippen molar-refractivity contribution in [3.8, 4) is 0 Å². The third-order valence-corrected chi connectivity index (χ3v) is 4.57. The van der Waals surface area contributed by atoms with Crippen molar-refractivity contribution < 1.29 is 0 Å². The lowest BCUT2D eigenvalue weighted by Gasteiger charge is -2.23. The Labute approximate surface area is 151 Å². The molecule has 0 aliphatic rings. The molecule has 1 aromatic rings. The number of benzene rings is 1. The van der Waals surface area contributed by atoms with Crippen LogP contribution in [0.5, 0.6) is 0 Å². The minimum Gasteiger partial charge on any atom is -0.306 e. The quantitative estimate of drug-likeness (QED) is 0.462. The zero-order chi connectivity index (χ0) is 18.1. The Balaban J connectivity index is 3.31. The first-order valence-electron chi connectivity index (χ1n) is 9.33. The summed E-state index contributed by atoms with van der Waals surface area (Å²) in [5.41, 5.74) is 7.31. The first-order valence-corrected chi connectivity index (χ1v) is 9.33. The summed E-state index contributed by atoms with van der Waals surface area (Å²) in [5, 5.41) is 0. The standard InChI is InChI=1S/C22H35BN/c1-8-11-17(3)16-20(12-10-15-24(6)7)21-18(4)13-14-19(9-2)22(21)23-5/h10-14,20H,8-9,15-16H2,1-7H3/b12-10?,17-11-. The van der Waals surface area contributed by atoms with Gasteiger partial charge in [-0.25, -0.2) is 0 Å². The first kappa shape index (κ1) is 20.8. The van der Waals surface area contributed by atoms with E-state index in [2.05, 4.69) is 91.2 Å². The van der Waals surface area contributed by atoms with E-state index < -0.39 is 0 Å². The molecule has 1 nitrogen and oxygen atoms in total. The molecular weight excluding hydrogens is 289 g/mol. The molecule has 0 aliphatic heterocycles. The maximum Gasteiger partial charge on any atom is 0.149 e. The summed E-state index contributed by atoms with van der Waals surface area (Å²) < 4.78 is 0. The van der Waals surface area contributed by atoms with Crippen LogP contribution in [0, 0.1) is 6.92 Å². The van der Waals surface area contributed by atoms with E-state index in [1.165, 1.54) is 27.7 Å². The number of hydrogen-bond acceptors (Lipinski definition) is 1. The molecule has 0 saturated carbocycles. The van der Waals surface area contributed by atoms with Gasteiger partial charge >= 0.3 is 0 Å². The Bertz CT molecular complexity index is 570.